The topological polar surface area (TPSA) is 43.1 Å². The maximum absolute atomic E-state index is 10.4. The molecule has 0 unspecified atom stereocenters. The summed E-state index contributed by atoms with van der Waals surface area (Å²) in [6.45, 7) is 2.04. The maximum Gasteiger partial charge on any atom is 0.126 e. The SMILES string of the molecule is CCC1(C=O)CC(N)C1.Cl. The zero-order valence-electron chi connectivity index (χ0n) is 6.17. The van der Waals surface area contributed by atoms with Crippen LogP contribution in [0.25, 0.3) is 0 Å². The van der Waals surface area contributed by atoms with Crippen molar-refractivity contribution in [2.75, 3.05) is 0 Å². The fourth-order valence-electron chi connectivity index (χ4n) is 1.45. The van der Waals surface area contributed by atoms with Crippen molar-refractivity contribution < 1.29 is 4.79 Å². The van der Waals surface area contributed by atoms with E-state index >= 15 is 0 Å². The van der Waals surface area contributed by atoms with Gasteiger partial charge in [0.05, 0.1) is 0 Å². The van der Waals surface area contributed by atoms with Gasteiger partial charge in [-0.25, -0.2) is 0 Å². The summed E-state index contributed by atoms with van der Waals surface area (Å²) in [6.07, 6.45) is 3.81. The molecule has 1 saturated carbocycles. The van der Waals surface area contributed by atoms with E-state index in [1.165, 1.54) is 0 Å². The number of hydrogen-bond donors (Lipinski definition) is 1. The van der Waals surface area contributed by atoms with Crippen molar-refractivity contribution in [1.29, 1.82) is 0 Å². The molecule has 1 aliphatic rings. The highest BCUT2D eigenvalue weighted by molar-refractivity contribution is 5.85. The number of rotatable bonds is 2. The van der Waals surface area contributed by atoms with Gasteiger partial charge in [-0.1, -0.05) is 6.92 Å². The molecule has 0 atom stereocenters. The molecule has 0 aromatic heterocycles. The van der Waals surface area contributed by atoms with Gasteiger partial charge in [-0.2, -0.15) is 0 Å². The van der Waals surface area contributed by atoms with E-state index in [1.807, 2.05) is 6.92 Å². The Kier molecular flexibility index (Phi) is 3.33. The number of nitrogens with two attached hydrogens (primary N) is 1. The zero-order valence-corrected chi connectivity index (χ0v) is 6.99. The molecule has 2 nitrogen and oxygen atoms in total. The third-order valence-corrected chi connectivity index (χ3v) is 2.29. The third kappa shape index (κ3) is 1.50. The van der Waals surface area contributed by atoms with Crippen LogP contribution in [0.3, 0.4) is 0 Å². The van der Waals surface area contributed by atoms with Gasteiger partial charge in [-0.15, -0.1) is 12.4 Å². The number of hydrogen-bond acceptors (Lipinski definition) is 2. The molecule has 0 heterocycles. The number of aldehydes is 1. The van der Waals surface area contributed by atoms with Crippen LogP contribution in [-0.2, 0) is 4.79 Å². The van der Waals surface area contributed by atoms with E-state index < -0.39 is 0 Å². The van der Waals surface area contributed by atoms with Crippen LogP contribution in [0, 0.1) is 5.41 Å². The molecule has 0 radical (unpaired) electrons. The minimum Gasteiger partial charge on any atom is -0.328 e. The number of carbonyl (C=O) groups excluding carboxylic acids is 1. The second-order valence-corrected chi connectivity index (χ2v) is 3.00. The first-order valence-corrected chi connectivity index (χ1v) is 3.44. The fraction of sp³-hybridized carbons (Fsp3) is 0.857. The summed E-state index contributed by atoms with van der Waals surface area (Å²) < 4.78 is 0. The van der Waals surface area contributed by atoms with Crippen molar-refractivity contribution in [3.8, 4) is 0 Å². The molecule has 0 saturated heterocycles. The van der Waals surface area contributed by atoms with Gasteiger partial charge >= 0.3 is 0 Å². The first kappa shape index (κ1) is 9.92. The smallest absolute Gasteiger partial charge is 0.126 e. The van der Waals surface area contributed by atoms with Crippen LogP contribution in [0.2, 0.25) is 0 Å². The van der Waals surface area contributed by atoms with E-state index in [1.54, 1.807) is 0 Å². The molecule has 1 rings (SSSR count). The average molecular weight is 164 g/mol. The van der Waals surface area contributed by atoms with Gasteiger partial charge in [0, 0.05) is 11.5 Å². The quantitative estimate of drug-likeness (QED) is 0.621. The summed E-state index contributed by atoms with van der Waals surface area (Å²) >= 11 is 0. The molecule has 0 aromatic carbocycles. The standard InChI is InChI=1S/C7H13NO.ClH/c1-2-7(5-9)3-6(8)4-7;/h5-6H,2-4,8H2,1H3;1H. The largest absolute Gasteiger partial charge is 0.328 e. The second-order valence-electron chi connectivity index (χ2n) is 3.00. The summed E-state index contributed by atoms with van der Waals surface area (Å²) in [5, 5.41) is 0. The lowest BCUT2D eigenvalue weighted by atomic mass is 9.65. The average Bonchev–Trinajstić information content (AvgIpc) is 1.81. The highest BCUT2D eigenvalue weighted by atomic mass is 35.5. The van der Waals surface area contributed by atoms with E-state index in [0.29, 0.717) is 0 Å². The molecule has 3 heteroatoms. The van der Waals surface area contributed by atoms with Gasteiger partial charge in [-0.05, 0) is 19.3 Å². The van der Waals surface area contributed by atoms with E-state index in [2.05, 4.69) is 0 Å². The normalized spacial score (nSPS) is 37.6. The first-order chi connectivity index (χ1) is 4.22. The Bertz CT molecular complexity index is 121. The molecule has 60 valence electrons. The summed E-state index contributed by atoms with van der Waals surface area (Å²) in [6, 6.07) is 0.287. The molecule has 0 amide bonds. The fourth-order valence-corrected chi connectivity index (χ4v) is 1.45. The lowest BCUT2D eigenvalue weighted by Gasteiger charge is -2.41. The molecular formula is C7H14ClNO. The Morgan fingerprint density at radius 3 is 2.30 bits per heavy atom. The predicted octanol–water partition coefficient (Wildman–Crippen LogP) is 1.12. The Morgan fingerprint density at radius 1 is 1.70 bits per heavy atom. The monoisotopic (exact) mass is 163 g/mol. The summed E-state index contributed by atoms with van der Waals surface area (Å²) in [5.41, 5.74) is 5.52. The van der Waals surface area contributed by atoms with Crippen LogP contribution >= 0.6 is 12.4 Å². The lowest BCUT2D eigenvalue weighted by Crippen LogP contribution is -2.46. The van der Waals surface area contributed by atoms with Crippen molar-refractivity contribution in [2.24, 2.45) is 11.1 Å². The Hall–Kier alpha value is -0.0800. The van der Waals surface area contributed by atoms with E-state index in [9.17, 15) is 4.79 Å². The van der Waals surface area contributed by atoms with E-state index in [0.717, 1.165) is 25.5 Å². The van der Waals surface area contributed by atoms with Gasteiger partial charge in [-0.3, -0.25) is 0 Å². The predicted molar refractivity (Wildman–Crippen MR) is 43.2 cm³/mol. The Balaban J connectivity index is 0.000000810. The van der Waals surface area contributed by atoms with Crippen LogP contribution < -0.4 is 5.73 Å². The van der Waals surface area contributed by atoms with Gasteiger partial charge in [0.25, 0.3) is 0 Å². The highest BCUT2D eigenvalue weighted by Crippen LogP contribution is 2.40. The van der Waals surface area contributed by atoms with Gasteiger partial charge in [0.15, 0.2) is 0 Å². The van der Waals surface area contributed by atoms with Crippen LogP contribution in [0.4, 0.5) is 0 Å². The van der Waals surface area contributed by atoms with E-state index in [4.69, 9.17) is 5.73 Å². The molecule has 1 aliphatic carbocycles. The molecule has 0 bridgehead atoms. The molecule has 1 fully saturated rings. The minimum atomic E-state index is -0.0284. The van der Waals surface area contributed by atoms with Crippen molar-refractivity contribution in [3.05, 3.63) is 0 Å². The van der Waals surface area contributed by atoms with Crippen molar-refractivity contribution in [1.82, 2.24) is 0 Å². The molecule has 2 N–H and O–H groups in total. The minimum absolute atomic E-state index is 0. The first-order valence-electron chi connectivity index (χ1n) is 3.44. The molecule has 10 heavy (non-hydrogen) atoms. The molecule has 0 aromatic rings. The maximum atomic E-state index is 10.4. The van der Waals surface area contributed by atoms with Crippen LogP contribution in [-0.4, -0.2) is 12.3 Å². The second kappa shape index (κ2) is 3.35. The Morgan fingerprint density at radius 2 is 2.20 bits per heavy atom. The number of halogens is 1. The van der Waals surface area contributed by atoms with Crippen LogP contribution in [0.15, 0.2) is 0 Å². The Labute approximate surface area is 67.6 Å². The molecule has 0 spiro atoms. The van der Waals surface area contributed by atoms with Gasteiger partial charge in [0.2, 0.25) is 0 Å². The highest BCUT2D eigenvalue weighted by Gasteiger charge is 2.40. The van der Waals surface area contributed by atoms with E-state index in [-0.39, 0.29) is 23.9 Å². The van der Waals surface area contributed by atoms with Crippen molar-refractivity contribution >= 4 is 18.7 Å². The summed E-state index contributed by atoms with van der Waals surface area (Å²) in [4.78, 5) is 10.4. The van der Waals surface area contributed by atoms with Crippen LogP contribution in [0.1, 0.15) is 26.2 Å². The summed E-state index contributed by atoms with van der Waals surface area (Å²) in [7, 11) is 0. The van der Waals surface area contributed by atoms with Gasteiger partial charge < -0.3 is 10.5 Å². The van der Waals surface area contributed by atoms with Crippen LogP contribution in [0.5, 0.6) is 0 Å². The molecule has 0 aliphatic heterocycles. The van der Waals surface area contributed by atoms with Crippen molar-refractivity contribution in [2.45, 2.75) is 32.2 Å². The lowest BCUT2D eigenvalue weighted by molar-refractivity contribution is -0.121. The number of carbonyl (C=O) groups is 1. The zero-order chi connectivity index (χ0) is 6.91. The van der Waals surface area contributed by atoms with Gasteiger partial charge in [0.1, 0.15) is 6.29 Å². The third-order valence-electron chi connectivity index (χ3n) is 2.29. The van der Waals surface area contributed by atoms with Crippen molar-refractivity contribution in [3.63, 3.8) is 0 Å². The molecular weight excluding hydrogens is 150 g/mol. The summed E-state index contributed by atoms with van der Waals surface area (Å²) in [5.74, 6) is 0.